The van der Waals surface area contributed by atoms with Gasteiger partial charge in [0, 0.05) is 29.8 Å². The van der Waals surface area contributed by atoms with Gasteiger partial charge in [-0.3, -0.25) is 4.79 Å². The van der Waals surface area contributed by atoms with Gasteiger partial charge in [0.1, 0.15) is 5.82 Å². The lowest BCUT2D eigenvalue weighted by Gasteiger charge is -2.13. The third-order valence-corrected chi connectivity index (χ3v) is 6.49. The Morgan fingerprint density at radius 2 is 1.62 bits per heavy atom. The lowest BCUT2D eigenvalue weighted by atomic mass is 10.0. The van der Waals surface area contributed by atoms with Crippen LogP contribution in [0.15, 0.2) is 91.1 Å². The number of benzene rings is 4. The van der Waals surface area contributed by atoms with E-state index >= 15 is 0 Å². The van der Waals surface area contributed by atoms with Crippen LogP contribution in [0.2, 0.25) is 0 Å². The summed E-state index contributed by atoms with van der Waals surface area (Å²) in [7, 11) is 4.65. The standard InChI is InChI=1S/C27H22FN2OP/c1-30-16-24(23-15-20(9-13-25(23)30)18-6-10-21(28)11-7-18)26(32)27(31)29-22-12-8-17-4-2-3-5-19(17)14-22/h2-16,26H,32H2,1H3,(H,29,31). The molecule has 1 heterocycles. The quantitative estimate of drug-likeness (QED) is 0.310. The molecule has 0 saturated heterocycles. The summed E-state index contributed by atoms with van der Waals surface area (Å²) in [6, 6.07) is 26.6. The normalized spacial score (nSPS) is 12.2. The number of hydrogen-bond donors (Lipinski definition) is 1. The summed E-state index contributed by atoms with van der Waals surface area (Å²) in [4.78, 5) is 13.1. The van der Waals surface area contributed by atoms with E-state index in [0.717, 1.165) is 44.1 Å². The van der Waals surface area contributed by atoms with Crippen LogP contribution in [0.3, 0.4) is 0 Å². The van der Waals surface area contributed by atoms with Crippen molar-refractivity contribution in [2.75, 3.05) is 5.32 Å². The van der Waals surface area contributed by atoms with Crippen molar-refractivity contribution in [3.8, 4) is 11.1 Å². The fourth-order valence-electron chi connectivity index (χ4n) is 4.12. The van der Waals surface area contributed by atoms with Crippen LogP contribution in [0.25, 0.3) is 32.8 Å². The van der Waals surface area contributed by atoms with Gasteiger partial charge in [-0.2, -0.15) is 0 Å². The maximum Gasteiger partial charge on any atom is 0.235 e. The van der Waals surface area contributed by atoms with E-state index < -0.39 is 5.66 Å². The number of aromatic nitrogens is 1. The van der Waals surface area contributed by atoms with Crippen LogP contribution in [0.5, 0.6) is 0 Å². The van der Waals surface area contributed by atoms with Crippen molar-refractivity contribution in [1.29, 1.82) is 0 Å². The van der Waals surface area contributed by atoms with Gasteiger partial charge in [0.15, 0.2) is 0 Å². The number of anilines is 1. The van der Waals surface area contributed by atoms with E-state index in [9.17, 15) is 9.18 Å². The largest absolute Gasteiger partial charge is 0.350 e. The molecule has 5 aromatic rings. The van der Waals surface area contributed by atoms with Crippen molar-refractivity contribution in [1.82, 2.24) is 4.57 Å². The monoisotopic (exact) mass is 440 g/mol. The number of nitrogens with zero attached hydrogens (tertiary/aromatic N) is 1. The molecule has 1 amide bonds. The number of carbonyl (C=O) groups excluding carboxylic acids is 1. The van der Waals surface area contributed by atoms with Crippen LogP contribution < -0.4 is 5.32 Å². The van der Waals surface area contributed by atoms with Crippen LogP contribution in [-0.2, 0) is 11.8 Å². The SMILES string of the molecule is Cn1cc(C(P)C(=O)Nc2ccc3ccccc3c2)c2cc(-c3ccc(F)cc3)ccc21. The predicted molar refractivity (Wildman–Crippen MR) is 133 cm³/mol. The summed E-state index contributed by atoms with van der Waals surface area (Å²) in [5.41, 5.74) is 4.23. The Hall–Kier alpha value is -3.49. The molecule has 0 saturated carbocycles. The van der Waals surface area contributed by atoms with Gasteiger partial charge in [-0.1, -0.05) is 48.5 Å². The van der Waals surface area contributed by atoms with Crippen LogP contribution in [0.1, 0.15) is 11.2 Å². The van der Waals surface area contributed by atoms with Gasteiger partial charge in [-0.25, -0.2) is 4.39 Å². The molecule has 1 aromatic heterocycles. The average molecular weight is 440 g/mol. The molecule has 158 valence electrons. The first kappa shape index (κ1) is 20.4. The zero-order chi connectivity index (χ0) is 22.2. The minimum absolute atomic E-state index is 0.0926. The molecule has 0 bridgehead atoms. The minimum Gasteiger partial charge on any atom is -0.350 e. The highest BCUT2D eigenvalue weighted by Crippen LogP contribution is 2.35. The van der Waals surface area contributed by atoms with Crippen molar-refractivity contribution in [2.24, 2.45) is 7.05 Å². The summed E-state index contributed by atoms with van der Waals surface area (Å²) < 4.78 is 15.4. The number of amides is 1. The molecule has 4 aromatic carbocycles. The van der Waals surface area contributed by atoms with E-state index in [2.05, 4.69) is 20.6 Å². The summed E-state index contributed by atoms with van der Waals surface area (Å²) in [6.07, 6.45) is 2.00. The third kappa shape index (κ3) is 3.79. The van der Waals surface area contributed by atoms with Gasteiger partial charge in [-0.05, 0) is 63.9 Å². The van der Waals surface area contributed by atoms with Gasteiger partial charge in [0.2, 0.25) is 5.91 Å². The molecule has 3 nitrogen and oxygen atoms in total. The van der Waals surface area contributed by atoms with Crippen molar-refractivity contribution in [3.05, 3.63) is 103 Å². The number of hydrogen-bond acceptors (Lipinski definition) is 1. The Labute approximate surface area is 188 Å². The topological polar surface area (TPSA) is 34.0 Å². The van der Waals surface area contributed by atoms with E-state index in [0.29, 0.717) is 0 Å². The zero-order valence-electron chi connectivity index (χ0n) is 17.5. The summed E-state index contributed by atoms with van der Waals surface area (Å²) in [5, 5.41) is 6.27. The van der Waals surface area contributed by atoms with Gasteiger partial charge in [0.05, 0.1) is 5.66 Å². The van der Waals surface area contributed by atoms with Crippen LogP contribution >= 0.6 is 9.24 Å². The maximum atomic E-state index is 13.3. The number of nitrogens with one attached hydrogen (secondary N) is 1. The number of rotatable bonds is 4. The molecule has 1 N–H and O–H groups in total. The van der Waals surface area contributed by atoms with E-state index in [1.807, 2.05) is 72.4 Å². The number of carbonyl (C=O) groups is 1. The first-order chi connectivity index (χ1) is 15.5. The van der Waals surface area contributed by atoms with Crippen molar-refractivity contribution in [3.63, 3.8) is 0 Å². The zero-order valence-corrected chi connectivity index (χ0v) is 18.7. The molecule has 0 aliphatic rings. The lowest BCUT2D eigenvalue weighted by molar-refractivity contribution is -0.115. The molecule has 0 radical (unpaired) electrons. The van der Waals surface area contributed by atoms with Crippen LogP contribution in [0.4, 0.5) is 10.1 Å². The highest BCUT2D eigenvalue weighted by Gasteiger charge is 2.21. The molecule has 2 unspecified atom stereocenters. The Kier molecular flexibility index (Phi) is 5.24. The summed E-state index contributed by atoms with van der Waals surface area (Å²) >= 11 is 0. The molecule has 5 rings (SSSR count). The predicted octanol–water partition coefficient (Wildman–Crippen LogP) is 6.69. The summed E-state index contributed by atoms with van der Waals surface area (Å²) in [5.74, 6) is -0.351. The van der Waals surface area contributed by atoms with E-state index in [4.69, 9.17) is 0 Å². The second-order valence-electron chi connectivity index (χ2n) is 7.96. The highest BCUT2D eigenvalue weighted by molar-refractivity contribution is 7.19. The first-order valence-electron chi connectivity index (χ1n) is 10.4. The smallest absolute Gasteiger partial charge is 0.235 e. The number of fused-ring (bicyclic) bond motifs is 2. The van der Waals surface area contributed by atoms with Gasteiger partial charge < -0.3 is 9.88 Å². The lowest BCUT2D eigenvalue weighted by Crippen LogP contribution is -2.16. The Morgan fingerprint density at radius 3 is 2.41 bits per heavy atom. The highest BCUT2D eigenvalue weighted by atomic mass is 31.0. The van der Waals surface area contributed by atoms with Crippen molar-refractivity contribution >= 4 is 42.5 Å². The molecule has 32 heavy (non-hydrogen) atoms. The van der Waals surface area contributed by atoms with E-state index in [-0.39, 0.29) is 11.7 Å². The molecule has 5 heteroatoms. The van der Waals surface area contributed by atoms with Gasteiger partial charge in [0.25, 0.3) is 0 Å². The average Bonchev–Trinajstić information content (AvgIpc) is 3.14. The summed E-state index contributed by atoms with van der Waals surface area (Å²) in [6.45, 7) is 0. The second kappa shape index (κ2) is 8.22. The molecular weight excluding hydrogens is 418 g/mol. The Bertz CT molecular complexity index is 1460. The number of halogens is 1. The van der Waals surface area contributed by atoms with Crippen LogP contribution in [-0.4, -0.2) is 10.5 Å². The third-order valence-electron chi connectivity index (χ3n) is 5.83. The Morgan fingerprint density at radius 1 is 0.906 bits per heavy atom. The molecule has 0 aliphatic carbocycles. The molecule has 0 spiro atoms. The Balaban J connectivity index is 1.47. The fourth-order valence-corrected chi connectivity index (χ4v) is 4.47. The second-order valence-corrected chi connectivity index (χ2v) is 8.63. The van der Waals surface area contributed by atoms with E-state index in [1.54, 1.807) is 12.1 Å². The molecule has 0 fully saturated rings. The minimum atomic E-state index is -0.423. The molecular formula is C27H22FN2OP. The fraction of sp³-hybridized carbons (Fsp3) is 0.0741. The van der Waals surface area contributed by atoms with Gasteiger partial charge >= 0.3 is 0 Å². The van der Waals surface area contributed by atoms with E-state index in [1.165, 1.54) is 12.1 Å². The maximum absolute atomic E-state index is 13.3. The van der Waals surface area contributed by atoms with Crippen molar-refractivity contribution in [2.45, 2.75) is 5.66 Å². The molecule has 2 atom stereocenters. The van der Waals surface area contributed by atoms with Gasteiger partial charge in [-0.15, -0.1) is 9.24 Å². The first-order valence-corrected chi connectivity index (χ1v) is 11.1. The van der Waals surface area contributed by atoms with Crippen molar-refractivity contribution < 1.29 is 9.18 Å². The molecule has 0 aliphatic heterocycles. The van der Waals surface area contributed by atoms with Crippen LogP contribution in [0, 0.1) is 5.82 Å². The number of aryl methyl sites for hydroxylation is 1.